The van der Waals surface area contributed by atoms with Gasteiger partial charge in [0.05, 0.1) is 29.5 Å². The normalized spacial score (nSPS) is 21.1. The van der Waals surface area contributed by atoms with Gasteiger partial charge in [0.1, 0.15) is 6.33 Å². The summed E-state index contributed by atoms with van der Waals surface area (Å²) in [7, 11) is 0. The highest BCUT2D eigenvalue weighted by Gasteiger charge is 2.47. The van der Waals surface area contributed by atoms with Gasteiger partial charge in [-0.25, -0.2) is 4.52 Å². The molecule has 6 rings (SSSR count). The lowest BCUT2D eigenvalue weighted by molar-refractivity contribution is 0.199. The average Bonchev–Trinajstić information content (AvgIpc) is 3.49. The summed E-state index contributed by atoms with van der Waals surface area (Å²) in [6, 6.07) is 18.3. The molecule has 0 radical (unpaired) electrons. The summed E-state index contributed by atoms with van der Waals surface area (Å²) in [5.41, 5.74) is 5.20. The van der Waals surface area contributed by atoms with Gasteiger partial charge < -0.3 is 4.74 Å². The number of nitrogens with zero attached hydrogens (tertiary/aromatic N) is 5. The van der Waals surface area contributed by atoms with E-state index >= 15 is 0 Å². The fourth-order valence-corrected chi connectivity index (χ4v) is 5.72. The second-order valence-electron chi connectivity index (χ2n) is 10.1. The van der Waals surface area contributed by atoms with Gasteiger partial charge in [0.25, 0.3) is 5.56 Å². The molecule has 0 N–H and O–H groups in total. The first kappa shape index (κ1) is 22.7. The minimum Gasteiger partial charge on any atom is -0.370 e. The van der Waals surface area contributed by atoms with Crippen molar-refractivity contribution in [1.82, 2.24) is 19.2 Å². The number of fused-ring (bicyclic) bond motifs is 1. The van der Waals surface area contributed by atoms with Crippen LogP contribution in [0, 0.1) is 11.3 Å². The SMILES string of the molecule is CCCc1c(Cc2ccc(-c3ccccc3)c(C#N)c2)c(=O)n(C2CCC3(CC2)CO3)c2ncnn12. The molecule has 1 saturated heterocycles. The van der Waals surface area contributed by atoms with Crippen molar-refractivity contribution < 1.29 is 4.74 Å². The third-order valence-electron chi connectivity index (χ3n) is 7.77. The largest absolute Gasteiger partial charge is 0.370 e. The number of aryl methyl sites for hydroxylation is 1. The quantitative estimate of drug-likeness (QED) is 0.369. The van der Waals surface area contributed by atoms with E-state index in [1.807, 2.05) is 57.6 Å². The smallest absolute Gasteiger partial charge is 0.259 e. The number of hydrogen-bond donors (Lipinski definition) is 0. The monoisotopic (exact) mass is 479 g/mol. The molecule has 7 nitrogen and oxygen atoms in total. The lowest BCUT2D eigenvalue weighted by atomic mass is 9.86. The second-order valence-corrected chi connectivity index (χ2v) is 10.1. The molecular weight excluding hydrogens is 450 g/mol. The van der Waals surface area contributed by atoms with Crippen molar-refractivity contribution in [2.75, 3.05) is 6.61 Å². The molecule has 1 aliphatic heterocycles. The number of rotatable bonds is 6. The predicted molar refractivity (Wildman–Crippen MR) is 137 cm³/mol. The number of hydrogen-bond acceptors (Lipinski definition) is 5. The summed E-state index contributed by atoms with van der Waals surface area (Å²) >= 11 is 0. The van der Waals surface area contributed by atoms with Gasteiger partial charge in [-0.1, -0.05) is 55.8 Å². The van der Waals surface area contributed by atoms with E-state index < -0.39 is 0 Å². The molecule has 0 amide bonds. The van der Waals surface area contributed by atoms with Crippen LogP contribution in [0.1, 0.15) is 67.5 Å². The lowest BCUT2D eigenvalue weighted by Crippen LogP contribution is -2.35. The molecule has 0 unspecified atom stereocenters. The Bertz CT molecular complexity index is 1520. The molecule has 1 saturated carbocycles. The summed E-state index contributed by atoms with van der Waals surface area (Å²) < 4.78 is 9.43. The molecule has 36 heavy (non-hydrogen) atoms. The third-order valence-corrected chi connectivity index (χ3v) is 7.77. The molecule has 2 aliphatic rings. The molecule has 2 aromatic heterocycles. The summed E-state index contributed by atoms with van der Waals surface area (Å²) in [5.74, 6) is 0.627. The molecular formula is C29H29N5O2. The number of ether oxygens (including phenoxy) is 1. The Morgan fingerprint density at radius 2 is 1.94 bits per heavy atom. The fourth-order valence-electron chi connectivity index (χ4n) is 5.72. The van der Waals surface area contributed by atoms with Crippen LogP contribution in [0.4, 0.5) is 0 Å². The van der Waals surface area contributed by atoms with Gasteiger partial charge in [0.2, 0.25) is 5.78 Å². The van der Waals surface area contributed by atoms with Gasteiger partial charge in [-0.15, -0.1) is 0 Å². The Kier molecular flexibility index (Phi) is 5.69. The minimum atomic E-state index is 0.0160. The molecule has 182 valence electrons. The van der Waals surface area contributed by atoms with Crippen LogP contribution in [-0.2, 0) is 17.6 Å². The average molecular weight is 480 g/mol. The van der Waals surface area contributed by atoms with Crippen molar-refractivity contribution in [2.45, 2.75) is 63.5 Å². The zero-order valence-corrected chi connectivity index (χ0v) is 20.5. The van der Waals surface area contributed by atoms with Crippen LogP contribution in [0.2, 0.25) is 0 Å². The molecule has 0 atom stereocenters. The molecule has 4 aromatic rings. The van der Waals surface area contributed by atoms with Crippen LogP contribution in [0.5, 0.6) is 0 Å². The van der Waals surface area contributed by atoms with Gasteiger partial charge in [-0.05, 0) is 54.9 Å². The number of benzene rings is 2. The zero-order valence-electron chi connectivity index (χ0n) is 20.5. The molecule has 2 fully saturated rings. The number of nitriles is 1. The third kappa shape index (κ3) is 3.92. The maximum absolute atomic E-state index is 14.1. The van der Waals surface area contributed by atoms with E-state index in [4.69, 9.17) is 4.74 Å². The number of epoxide rings is 1. The molecule has 2 aromatic carbocycles. The van der Waals surface area contributed by atoms with Gasteiger partial charge >= 0.3 is 0 Å². The van der Waals surface area contributed by atoms with Crippen LogP contribution >= 0.6 is 0 Å². The maximum Gasteiger partial charge on any atom is 0.259 e. The van der Waals surface area contributed by atoms with Crippen molar-refractivity contribution in [3.8, 4) is 17.2 Å². The van der Waals surface area contributed by atoms with Crippen LogP contribution in [0.15, 0.2) is 59.7 Å². The molecule has 0 bridgehead atoms. The summed E-state index contributed by atoms with van der Waals surface area (Å²) in [4.78, 5) is 18.6. The maximum atomic E-state index is 14.1. The standard InChI is InChI=1S/C29H29N5O2/c1-2-6-26-25(16-20-9-10-24(22(15-20)17-30)21-7-4-3-5-8-21)27(35)33(28-31-19-32-34(26)28)23-11-13-29(14-12-23)18-36-29/h3-5,7-10,15,19,23H,2,6,11-14,16,18H2,1H3. The van der Waals surface area contributed by atoms with Crippen molar-refractivity contribution in [1.29, 1.82) is 5.26 Å². The van der Waals surface area contributed by atoms with Gasteiger partial charge in [0.15, 0.2) is 0 Å². The van der Waals surface area contributed by atoms with Gasteiger partial charge in [0, 0.05) is 18.0 Å². The Morgan fingerprint density at radius 1 is 1.17 bits per heavy atom. The second kappa shape index (κ2) is 9.03. The van der Waals surface area contributed by atoms with E-state index in [1.54, 1.807) is 6.33 Å². The van der Waals surface area contributed by atoms with Crippen molar-refractivity contribution in [3.05, 3.63) is 87.6 Å². The summed E-state index contributed by atoms with van der Waals surface area (Å²) in [6.07, 6.45) is 7.38. The fraction of sp³-hybridized carbons (Fsp3) is 0.379. The van der Waals surface area contributed by atoms with E-state index in [9.17, 15) is 10.1 Å². The highest BCUT2D eigenvalue weighted by molar-refractivity contribution is 5.71. The van der Waals surface area contributed by atoms with Crippen molar-refractivity contribution in [2.24, 2.45) is 0 Å². The van der Waals surface area contributed by atoms with Crippen LogP contribution in [0.25, 0.3) is 16.9 Å². The van der Waals surface area contributed by atoms with E-state index in [0.717, 1.165) is 73.1 Å². The minimum absolute atomic E-state index is 0.0160. The highest BCUT2D eigenvalue weighted by atomic mass is 16.6. The van der Waals surface area contributed by atoms with Crippen molar-refractivity contribution in [3.63, 3.8) is 0 Å². The Hall–Kier alpha value is -3.76. The lowest BCUT2D eigenvalue weighted by Gasteiger charge is -2.29. The van der Waals surface area contributed by atoms with Gasteiger partial charge in [-0.2, -0.15) is 15.3 Å². The predicted octanol–water partition coefficient (Wildman–Crippen LogP) is 4.86. The van der Waals surface area contributed by atoms with Crippen LogP contribution in [0.3, 0.4) is 0 Å². The first-order valence-electron chi connectivity index (χ1n) is 12.8. The summed E-state index contributed by atoms with van der Waals surface area (Å²) in [5, 5.41) is 14.4. The van der Waals surface area contributed by atoms with Crippen molar-refractivity contribution >= 4 is 5.78 Å². The highest BCUT2D eigenvalue weighted by Crippen LogP contribution is 2.45. The van der Waals surface area contributed by atoms with E-state index in [1.165, 1.54) is 0 Å². The van der Waals surface area contributed by atoms with E-state index in [2.05, 4.69) is 23.1 Å². The van der Waals surface area contributed by atoms with Crippen LogP contribution in [-0.4, -0.2) is 31.4 Å². The Balaban J connectivity index is 1.43. The van der Waals surface area contributed by atoms with E-state index in [-0.39, 0.29) is 17.2 Å². The van der Waals surface area contributed by atoms with Crippen LogP contribution < -0.4 is 5.56 Å². The molecule has 3 heterocycles. The Morgan fingerprint density at radius 3 is 2.64 bits per heavy atom. The van der Waals surface area contributed by atoms with Gasteiger partial charge in [-0.3, -0.25) is 9.36 Å². The molecule has 1 aliphatic carbocycles. The first-order chi connectivity index (χ1) is 17.6. The molecule has 7 heteroatoms. The Labute approximate surface area is 210 Å². The molecule has 1 spiro atoms. The first-order valence-corrected chi connectivity index (χ1v) is 12.8. The topological polar surface area (TPSA) is 88.5 Å². The zero-order chi connectivity index (χ0) is 24.7. The summed E-state index contributed by atoms with van der Waals surface area (Å²) in [6.45, 7) is 2.95. The van der Waals surface area contributed by atoms with E-state index in [0.29, 0.717) is 17.8 Å². The number of aromatic nitrogens is 4.